The summed E-state index contributed by atoms with van der Waals surface area (Å²) in [7, 11) is 3.46. The molecule has 0 radical (unpaired) electrons. The van der Waals surface area contributed by atoms with E-state index in [0.29, 0.717) is 51.7 Å². The maximum atomic E-state index is 16.6. The molecule has 14 nitrogen and oxygen atoms in total. The Balaban J connectivity index is 2.06. The van der Waals surface area contributed by atoms with Crippen molar-refractivity contribution in [3.63, 3.8) is 0 Å². The molecule has 15 heteroatoms. The lowest BCUT2D eigenvalue weighted by molar-refractivity contribution is -0.289. The van der Waals surface area contributed by atoms with Crippen LogP contribution in [-0.4, -0.2) is 126 Å². The molecule has 280 valence electrons. The molecule has 3 N–H and O–H groups in total. The number of nitrogens with two attached hydrogens (primary N) is 1. The van der Waals surface area contributed by atoms with E-state index in [2.05, 4.69) is 14.9 Å². The lowest BCUT2D eigenvalue weighted by Crippen LogP contribution is -2.59. The number of esters is 1. The van der Waals surface area contributed by atoms with Crippen molar-refractivity contribution in [1.29, 1.82) is 0 Å². The summed E-state index contributed by atoms with van der Waals surface area (Å²) in [5.74, 6) is -4.23. The molecule has 3 fully saturated rings. The predicted octanol–water partition coefficient (Wildman–Crippen LogP) is 3.52. The first kappa shape index (κ1) is 41.0. The van der Waals surface area contributed by atoms with E-state index in [1.165, 1.54) is 14.0 Å². The normalized spacial score (nSPS) is 41.8. The number of hydrogen-bond acceptors (Lipinski definition) is 11. The van der Waals surface area contributed by atoms with Gasteiger partial charge in [0, 0.05) is 62.0 Å². The minimum Gasteiger partial charge on any atom is -0.459 e. The quantitative estimate of drug-likeness (QED) is 0.0900. The fourth-order valence-corrected chi connectivity index (χ4v) is 8.10. The second-order valence-corrected chi connectivity index (χ2v) is 14.9. The van der Waals surface area contributed by atoms with Gasteiger partial charge in [-0.15, -0.1) is 0 Å². The van der Waals surface area contributed by atoms with Gasteiger partial charge in [0.1, 0.15) is 12.2 Å². The molecule has 3 heterocycles. The summed E-state index contributed by atoms with van der Waals surface area (Å²) in [5, 5.41) is 14.5. The number of hydrogen-bond donors (Lipinski definition) is 2. The molecule has 3 aliphatic heterocycles. The van der Waals surface area contributed by atoms with Crippen LogP contribution in [0.25, 0.3) is 10.4 Å². The summed E-state index contributed by atoms with van der Waals surface area (Å²) < 4.78 is 40.8. The largest absolute Gasteiger partial charge is 0.459 e. The number of ether oxygens (including phenoxy) is 4. The first-order valence-electron chi connectivity index (χ1n) is 17.7. The van der Waals surface area contributed by atoms with Gasteiger partial charge in [0.25, 0.3) is 5.67 Å². The number of unbranched alkanes of at least 4 members (excludes halogenated alkanes) is 1. The number of azide groups is 1. The molecule has 13 atom stereocenters. The highest BCUT2D eigenvalue weighted by atomic mass is 19.1. The molecule has 3 unspecified atom stereocenters. The maximum Gasteiger partial charge on any atom is 0.351 e. The molecule has 3 aliphatic rings. The van der Waals surface area contributed by atoms with Crippen molar-refractivity contribution in [2.24, 2.45) is 28.6 Å². The number of amides is 1. The molecule has 0 saturated carbocycles. The van der Waals surface area contributed by atoms with Crippen molar-refractivity contribution in [2.45, 2.75) is 147 Å². The average Bonchev–Trinajstić information content (AvgIpc) is 3.37. The van der Waals surface area contributed by atoms with E-state index in [9.17, 15) is 19.5 Å². The second-order valence-electron chi connectivity index (χ2n) is 14.9. The first-order chi connectivity index (χ1) is 22.9. The number of likely N-dealkylation sites (N-methyl/N-ethyl adjacent to an activating group) is 1. The van der Waals surface area contributed by atoms with E-state index in [-0.39, 0.29) is 36.4 Å². The molecule has 0 aromatic carbocycles. The smallest absolute Gasteiger partial charge is 0.351 e. The number of nitrogens with zero attached hydrogens (tertiary/aromatic N) is 5. The van der Waals surface area contributed by atoms with Gasteiger partial charge in [-0.05, 0) is 78.3 Å². The molecule has 3 saturated heterocycles. The van der Waals surface area contributed by atoms with Gasteiger partial charge in [-0.3, -0.25) is 9.59 Å². The Bertz CT molecular complexity index is 1210. The first-order valence-corrected chi connectivity index (χ1v) is 17.7. The Morgan fingerprint density at radius 2 is 1.86 bits per heavy atom. The Hall–Kier alpha value is -2.39. The minimum absolute atomic E-state index is 0.0567. The number of fused-ring (bicyclic) bond motifs is 1. The van der Waals surface area contributed by atoms with Crippen molar-refractivity contribution in [3.8, 4) is 0 Å². The van der Waals surface area contributed by atoms with Crippen LogP contribution in [0.1, 0.15) is 87.0 Å². The van der Waals surface area contributed by atoms with E-state index in [1.54, 1.807) is 13.8 Å². The van der Waals surface area contributed by atoms with Crippen molar-refractivity contribution in [3.05, 3.63) is 10.4 Å². The zero-order valence-corrected chi connectivity index (χ0v) is 30.7. The van der Waals surface area contributed by atoms with Gasteiger partial charge in [-0.2, -0.15) is 0 Å². The highest BCUT2D eigenvalue weighted by Gasteiger charge is 2.55. The van der Waals surface area contributed by atoms with Crippen molar-refractivity contribution < 1.29 is 42.8 Å². The van der Waals surface area contributed by atoms with E-state index in [0.717, 1.165) is 6.92 Å². The number of Topliss-reactive ketones (excluding diaryl/α,β-unsaturated/α-hetero) is 1. The number of rotatable bonds is 9. The number of alkyl halides is 1. The Labute approximate surface area is 290 Å². The molecular weight excluding hydrogens is 639 g/mol. The van der Waals surface area contributed by atoms with Gasteiger partial charge in [-0.25, -0.2) is 9.18 Å². The zero-order chi connectivity index (χ0) is 36.8. The van der Waals surface area contributed by atoms with Gasteiger partial charge >= 0.3 is 5.97 Å². The fraction of sp³-hybridized carbons (Fsp3) is 0.912. The van der Waals surface area contributed by atoms with E-state index in [1.807, 2.05) is 32.7 Å². The molecule has 0 spiro atoms. The Morgan fingerprint density at radius 1 is 1.18 bits per heavy atom. The van der Waals surface area contributed by atoms with Crippen LogP contribution in [0.5, 0.6) is 0 Å². The average molecular weight is 699 g/mol. The molecule has 0 aliphatic carbocycles. The number of cyclic esters (lactones) is 1. The van der Waals surface area contributed by atoms with E-state index in [4.69, 9.17) is 30.2 Å². The number of carbonyl (C=O) groups excluding carboxylic acids is 3. The van der Waals surface area contributed by atoms with Crippen molar-refractivity contribution in [2.75, 3.05) is 33.8 Å². The van der Waals surface area contributed by atoms with Crippen LogP contribution in [0.4, 0.5) is 4.39 Å². The molecule has 1 amide bonds. The molecule has 49 heavy (non-hydrogen) atoms. The molecule has 0 aromatic heterocycles. The highest BCUT2D eigenvalue weighted by molar-refractivity contribution is 6.07. The summed E-state index contributed by atoms with van der Waals surface area (Å²) in [6, 6.07) is -1.20. The summed E-state index contributed by atoms with van der Waals surface area (Å²) in [5.41, 5.74) is 10.5. The lowest BCUT2D eigenvalue weighted by Gasteiger charge is -2.46. The Morgan fingerprint density at radius 3 is 2.47 bits per heavy atom. The van der Waals surface area contributed by atoms with Gasteiger partial charge in [-0.1, -0.05) is 25.9 Å². The zero-order valence-electron chi connectivity index (χ0n) is 30.7. The molecule has 3 rings (SSSR count). The second kappa shape index (κ2) is 17.2. The van der Waals surface area contributed by atoms with Crippen LogP contribution in [0.3, 0.4) is 0 Å². The van der Waals surface area contributed by atoms with Gasteiger partial charge in [0.15, 0.2) is 12.1 Å². The number of likely N-dealkylation sites (tertiary alicyclic amines) is 1. The third kappa shape index (κ3) is 9.29. The van der Waals surface area contributed by atoms with Gasteiger partial charge in [0.2, 0.25) is 5.91 Å². The fourth-order valence-electron chi connectivity index (χ4n) is 8.10. The van der Waals surface area contributed by atoms with Crippen molar-refractivity contribution in [1.82, 2.24) is 9.80 Å². The third-order valence-electron chi connectivity index (χ3n) is 10.9. The third-order valence-corrected chi connectivity index (χ3v) is 10.9. The predicted molar refractivity (Wildman–Crippen MR) is 180 cm³/mol. The number of ketones is 1. The van der Waals surface area contributed by atoms with Crippen LogP contribution >= 0.6 is 0 Å². The number of methoxy groups -OCH3 is 1. The number of carbonyl (C=O) groups is 3. The molecular formula is C34H59FN6O8. The highest BCUT2D eigenvalue weighted by Crippen LogP contribution is 2.39. The van der Waals surface area contributed by atoms with Gasteiger partial charge < -0.3 is 39.6 Å². The lowest BCUT2D eigenvalue weighted by atomic mass is 9.77. The number of aliphatic hydroxyl groups excluding tert-OH is 1. The number of aliphatic hydroxyl groups is 1. The summed E-state index contributed by atoms with van der Waals surface area (Å²) >= 11 is 0. The van der Waals surface area contributed by atoms with Crippen LogP contribution in [0.15, 0.2) is 5.11 Å². The minimum atomic E-state index is -3.06. The van der Waals surface area contributed by atoms with Crippen LogP contribution in [0, 0.1) is 17.8 Å². The van der Waals surface area contributed by atoms with E-state index < -0.39 is 65.5 Å². The standard InChI is InChI=1S/C34H59FN6O8/c1-10-25-23-16-26(42)41(14-12-11-13-38-39-37)27(23)22(5)40(8)18-19(2)17-33(6,46-9)30(21(4)29(44)34(7,35)32(45)48-25)49-31-28(43)24(36)15-20(3)47-31/h19-25,27-28,30-31,43H,10-18,36H2,1-9H3/t19-,20?,21-,22-,23-,24?,25-,27-,28?,30-,31+,33-,34-/m1/s1. The van der Waals surface area contributed by atoms with Crippen LogP contribution in [-0.2, 0) is 33.3 Å². The monoisotopic (exact) mass is 698 g/mol. The van der Waals surface area contributed by atoms with Gasteiger partial charge in [0.05, 0.1) is 23.9 Å². The van der Waals surface area contributed by atoms with Crippen LogP contribution < -0.4 is 5.73 Å². The molecule has 0 aromatic rings. The number of halogens is 1. The van der Waals surface area contributed by atoms with Crippen molar-refractivity contribution >= 4 is 17.7 Å². The topological polar surface area (TPSA) is 190 Å². The summed E-state index contributed by atoms with van der Waals surface area (Å²) in [6.07, 6.45) is -2.38. The maximum absolute atomic E-state index is 16.6. The Kier molecular flexibility index (Phi) is 14.4. The SMILES string of the molecule is CC[C@H]1OC(=O)[C@](C)(F)C(=O)[C@@H](C)[C@@H](O[C@@H]2OC(C)CC(N)C2O)[C@](C)(OC)C[C@@H](C)CN(C)[C@H](C)[C@@H]2[C@@H]1CC(=O)N2CCCCN=[N+]=[N-]. The van der Waals surface area contributed by atoms with Crippen LogP contribution in [0.2, 0.25) is 0 Å². The summed E-state index contributed by atoms with van der Waals surface area (Å²) in [6.45, 7) is 13.1. The van der Waals surface area contributed by atoms with E-state index >= 15 is 4.39 Å². The molecule has 0 bridgehead atoms. The summed E-state index contributed by atoms with van der Waals surface area (Å²) in [4.78, 5) is 48.0.